The van der Waals surface area contributed by atoms with Gasteiger partial charge in [-0.2, -0.15) is 0 Å². The number of benzene rings is 1. The van der Waals surface area contributed by atoms with Gasteiger partial charge in [0.1, 0.15) is 0 Å². The maximum atomic E-state index is 11.1. The Morgan fingerprint density at radius 2 is 1.38 bits per heavy atom. The van der Waals surface area contributed by atoms with Crippen LogP contribution in [0.5, 0.6) is 0 Å². The lowest BCUT2D eigenvalue weighted by atomic mass is 10.1. The zero-order valence-corrected chi connectivity index (χ0v) is 10.5. The van der Waals surface area contributed by atoms with Gasteiger partial charge in [0.25, 0.3) is 0 Å². The zero-order chi connectivity index (χ0) is 14.7. The topological polar surface area (TPSA) is 90.7 Å². The Balaban J connectivity index is 2.28. The molecule has 0 aliphatic carbocycles. The van der Waals surface area contributed by atoms with Crippen molar-refractivity contribution < 1.29 is 9.85 Å². The number of aromatic nitrogens is 1. The van der Waals surface area contributed by atoms with E-state index in [4.69, 9.17) is 0 Å². The maximum absolute atomic E-state index is 11.1. The van der Waals surface area contributed by atoms with Gasteiger partial charge in [-0.05, 0) is 24.3 Å². The first-order valence-electron chi connectivity index (χ1n) is 6.16. The van der Waals surface area contributed by atoms with Crippen LogP contribution in [0.2, 0.25) is 0 Å². The Morgan fingerprint density at radius 1 is 0.810 bits per heavy atom. The van der Waals surface area contributed by atoms with Crippen LogP contribution in [0.25, 0.3) is 27.3 Å². The summed E-state index contributed by atoms with van der Waals surface area (Å²) in [6, 6.07) is 12.0. The molecule has 7 heteroatoms. The summed E-state index contributed by atoms with van der Waals surface area (Å²) < 4.78 is 1.94. The Labute approximate surface area is 116 Å². The number of hydrogen-bond donors (Lipinski definition) is 0. The molecule has 7 nitrogen and oxygen atoms in total. The third kappa shape index (κ3) is 1.37. The minimum Gasteiger partial charge on any atom is -0.309 e. The van der Waals surface area contributed by atoms with Crippen LogP contribution in [0.1, 0.15) is 0 Å². The third-order valence-corrected chi connectivity index (χ3v) is 3.73. The van der Waals surface area contributed by atoms with Crippen LogP contribution >= 0.6 is 0 Å². The van der Waals surface area contributed by atoms with E-state index in [2.05, 4.69) is 0 Å². The van der Waals surface area contributed by atoms with Crippen molar-refractivity contribution in [3.63, 3.8) is 0 Å². The van der Waals surface area contributed by atoms with Crippen molar-refractivity contribution in [3.05, 3.63) is 62.7 Å². The van der Waals surface area contributed by atoms with E-state index in [-0.39, 0.29) is 0 Å². The molecule has 1 aromatic carbocycles. The highest BCUT2D eigenvalue weighted by molar-refractivity contribution is 6.11. The van der Waals surface area contributed by atoms with Crippen LogP contribution in [0.4, 0.5) is 11.4 Å². The van der Waals surface area contributed by atoms with Crippen LogP contribution in [0, 0.1) is 20.2 Å². The fourth-order valence-electron chi connectivity index (χ4n) is 2.88. The number of fused-ring (bicyclic) bond motifs is 3. The zero-order valence-electron chi connectivity index (χ0n) is 10.5. The summed E-state index contributed by atoms with van der Waals surface area (Å²) in [5, 5.41) is 23.4. The molecule has 0 radical (unpaired) electrons. The SMILES string of the molecule is O=[N+]([O-])c1cc2c(cc1[N+](=O)[O-])c1ccc3cccc2n31. The van der Waals surface area contributed by atoms with Gasteiger partial charge in [-0.1, -0.05) is 6.07 Å². The molecular weight excluding hydrogens is 274 g/mol. The minimum atomic E-state index is -0.716. The Morgan fingerprint density at radius 3 is 1.95 bits per heavy atom. The summed E-state index contributed by atoms with van der Waals surface area (Å²) in [7, 11) is 0. The number of pyridine rings is 1. The number of rotatable bonds is 2. The second-order valence-electron chi connectivity index (χ2n) is 4.79. The molecule has 0 spiro atoms. The molecule has 0 amide bonds. The monoisotopic (exact) mass is 281 g/mol. The van der Waals surface area contributed by atoms with Crippen LogP contribution < -0.4 is 0 Å². The first-order valence-corrected chi connectivity index (χ1v) is 6.16. The number of nitro benzene ring substituents is 2. The first kappa shape index (κ1) is 11.6. The van der Waals surface area contributed by atoms with Gasteiger partial charge in [0.2, 0.25) is 0 Å². The molecule has 0 aliphatic rings. The molecule has 0 fully saturated rings. The number of nitro groups is 2. The van der Waals surface area contributed by atoms with Crippen LogP contribution in [0.3, 0.4) is 0 Å². The molecule has 3 aromatic heterocycles. The van der Waals surface area contributed by atoms with Crippen LogP contribution in [0.15, 0.2) is 42.5 Å². The molecule has 0 saturated heterocycles. The minimum absolute atomic E-state index is 0.485. The molecule has 0 atom stereocenters. The Kier molecular flexibility index (Phi) is 2.02. The molecule has 102 valence electrons. The Hall–Kier alpha value is -3.22. The van der Waals surface area contributed by atoms with Crippen LogP contribution in [-0.2, 0) is 0 Å². The van der Waals surface area contributed by atoms with Crippen molar-refractivity contribution in [1.82, 2.24) is 4.40 Å². The van der Waals surface area contributed by atoms with Crippen LogP contribution in [-0.4, -0.2) is 14.2 Å². The quantitative estimate of drug-likeness (QED) is 0.415. The second kappa shape index (κ2) is 3.66. The Bertz CT molecular complexity index is 1020. The normalized spacial score (nSPS) is 11.6. The number of hydrogen-bond acceptors (Lipinski definition) is 4. The van der Waals surface area contributed by atoms with E-state index in [0.29, 0.717) is 10.8 Å². The van der Waals surface area contributed by atoms with E-state index in [0.717, 1.165) is 16.6 Å². The maximum Gasteiger partial charge on any atom is 0.346 e. The molecule has 0 N–H and O–H groups in total. The smallest absolute Gasteiger partial charge is 0.309 e. The van der Waals surface area contributed by atoms with Gasteiger partial charge >= 0.3 is 11.4 Å². The van der Waals surface area contributed by atoms with Gasteiger partial charge in [0.05, 0.1) is 20.9 Å². The summed E-state index contributed by atoms with van der Waals surface area (Å²) in [5.41, 5.74) is 1.60. The summed E-state index contributed by atoms with van der Waals surface area (Å²) >= 11 is 0. The molecule has 4 rings (SSSR count). The lowest BCUT2D eigenvalue weighted by Gasteiger charge is -1.97. The van der Waals surface area contributed by atoms with Crippen molar-refractivity contribution in [2.24, 2.45) is 0 Å². The summed E-state index contributed by atoms with van der Waals surface area (Å²) in [5.74, 6) is 0. The lowest BCUT2D eigenvalue weighted by molar-refractivity contribution is -0.422. The molecule has 0 bridgehead atoms. The highest BCUT2D eigenvalue weighted by Gasteiger charge is 2.27. The third-order valence-electron chi connectivity index (χ3n) is 3.73. The van der Waals surface area contributed by atoms with Crippen molar-refractivity contribution in [2.45, 2.75) is 0 Å². The van der Waals surface area contributed by atoms with E-state index < -0.39 is 21.2 Å². The molecule has 0 unspecified atom stereocenters. The summed E-state index contributed by atoms with van der Waals surface area (Å²) in [4.78, 5) is 20.7. The highest BCUT2D eigenvalue weighted by atomic mass is 16.6. The predicted molar refractivity (Wildman–Crippen MR) is 76.9 cm³/mol. The van der Waals surface area contributed by atoms with Crippen molar-refractivity contribution in [3.8, 4) is 0 Å². The standard InChI is InChI=1S/C14H7N3O4/c18-16(19)13-6-9-10(7-14(13)17(20)21)12-5-4-8-2-1-3-11(9)15(8)12/h1-7H. The van der Waals surface area contributed by atoms with Gasteiger partial charge in [-0.25, -0.2) is 0 Å². The first-order chi connectivity index (χ1) is 10.1. The van der Waals surface area contributed by atoms with Gasteiger partial charge in [0.15, 0.2) is 0 Å². The van der Waals surface area contributed by atoms with E-state index in [9.17, 15) is 20.2 Å². The van der Waals surface area contributed by atoms with Crippen molar-refractivity contribution >= 4 is 38.7 Å². The average molecular weight is 281 g/mol. The molecule has 3 heterocycles. The highest BCUT2D eigenvalue weighted by Crippen LogP contribution is 2.38. The largest absolute Gasteiger partial charge is 0.346 e. The van der Waals surface area contributed by atoms with Gasteiger partial charge < -0.3 is 4.40 Å². The fourth-order valence-corrected chi connectivity index (χ4v) is 2.88. The molecule has 21 heavy (non-hydrogen) atoms. The average Bonchev–Trinajstić information content (AvgIpc) is 3.02. The van der Waals surface area contributed by atoms with E-state index in [1.165, 1.54) is 12.1 Å². The number of nitrogens with zero attached hydrogens (tertiary/aromatic N) is 3. The molecule has 0 aliphatic heterocycles. The fraction of sp³-hybridized carbons (Fsp3) is 0. The van der Waals surface area contributed by atoms with E-state index in [1.807, 2.05) is 34.7 Å². The molecule has 0 saturated carbocycles. The van der Waals surface area contributed by atoms with E-state index >= 15 is 0 Å². The lowest BCUT2D eigenvalue weighted by Crippen LogP contribution is -1.96. The van der Waals surface area contributed by atoms with Crippen molar-refractivity contribution in [2.75, 3.05) is 0 Å². The predicted octanol–water partition coefficient (Wildman–Crippen LogP) is 3.50. The summed E-state index contributed by atoms with van der Waals surface area (Å²) in [6.07, 6.45) is 0. The van der Waals surface area contributed by atoms with Gasteiger partial charge in [-0.15, -0.1) is 0 Å². The van der Waals surface area contributed by atoms with E-state index in [1.54, 1.807) is 0 Å². The molecule has 4 aromatic rings. The second-order valence-corrected chi connectivity index (χ2v) is 4.79. The summed E-state index contributed by atoms with van der Waals surface area (Å²) in [6.45, 7) is 0. The molecular formula is C14H7N3O4. The van der Waals surface area contributed by atoms with Crippen molar-refractivity contribution in [1.29, 1.82) is 0 Å². The van der Waals surface area contributed by atoms with Gasteiger partial charge in [0, 0.05) is 28.4 Å². The van der Waals surface area contributed by atoms with Gasteiger partial charge in [-0.3, -0.25) is 20.2 Å².